The Morgan fingerprint density at radius 3 is 2.33 bits per heavy atom. The summed E-state index contributed by atoms with van der Waals surface area (Å²) in [4.78, 5) is 24.2. The largest absolute Gasteiger partial charge is 0.494 e. The number of rotatable bonds is 9. The van der Waals surface area contributed by atoms with E-state index in [2.05, 4.69) is 4.72 Å². The second kappa shape index (κ2) is 9.29. The number of benzene rings is 2. The Bertz CT molecular complexity index is 906. The molecule has 0 bridgehead atoms. The molecule has 27 heavy (non-hydrogen) atoms. The number of ketones is 1. The maximum Gasteiger partial charge on any atom is 0.338 e. The van der Waals surface area contributed by atoms with Crippen LogP contribution in [0.4, 0.5) is 0 Å². The van der Waals surface area contributed by atoms with Gasteiger partial charge in [-0.1, -0.05) is 13.0 Å². The fraction of sp³-hybridized carbons (Fsp3) is 0.263. The molecule has 0 radical (unpaired) electrons. The summed E-state index contributed by atoms with van der Waals surface area (Å²) in [6.45, 7) is 3.82. The van der Waals surface area contributed by atoms with Crippen molar-refractivity contribution in [1.82, 2.24) is 4.72 Å². The zero-order valence-corrected chi connectivity index (χ0v) is 15.9. The standard InChI is InChI=1S/C19H21NO6S/c1-3-20-27(23,24)17-7-5-6-15(12-17)19(22)26-13-18(21)14-8-10-16(11-9-14)25-4-2/h5-12,20H,3-4,13H2,1-2H3. The van der Waals surface area contributed by atoms with Crippen molar-refractivity contribution in [1.29, 1.82) is 0 Å². The van der Waals surface area contributed by atoms with E-state index in [4.69, 9.17) is 9.47 Å². The van der Waals surface area contributed by atoms with Gasteiger partial charge in [0.1, 0.15) is 5.75 Å². The number of sulfonamides is 1. The van der Waals surface area contributed by atoms with Crippen molar-refractivity contribution < 1.29 is 27.5 Å². The summed E-state index contributed by atoms with van der Waals surface area (Å²) in [7, 11) is -3.69. The van der Waals surface area contributed by atoms with Crippen LogP contribution in [0.15, 0.2) is 53.4 Å². The van der Waals surface area contributed by atoms with Crippen LogP contribution < -0.4 is 9.46 Å². The molecular weight excluding hydrogens is 370 g/mol. The first-order valence-corrected chi connectivity index (χ1v) is 9.88. The Hall–Kier alpha value is -2.71. The first-order valence-electron chi connectivity index (χ1n) is 8.40. The van der Waals surface area contributed by atoms with Crippen LogP contribution in [-0.4, -0.2) is 39.9 Å². The predicted octanol–water partition coefficient (Wildman–Crippen LogP) is 2.42. The van der Waals surface area contributed by atoms with Gasteiger partial charge < -0.3 is 9.47 Å². The molecule has 0 unspecified atom stereocenters. The molecule has 1 N–H and O–H groups in total. The van der Waals surface area contributed by atoms with E-state index in [1.165, 1.54) is 24.3 Å². The van der Waals surface area contributed by atoms with Crippen LogP contribution in [0.2, 0.25) is 0 Å². The highest BCUT2D eigenvalue weighted by Crippen LogP contribution is 2.14. The van der Waals surface area contributed by atoms with Crippen molar-refractivity contribution in [2.45, 2.75) is 18.7 Å². The molecule has 0 aliphatic rings. The molecule has 2 rings (SSSR count). The molecule has 0 aliphatic heterocycles. The number of hydrogen-bond donors (Lipinski definition) is 1. The van der Waals surface area contributed by atoms with Gasteiger partial charge in [-0.3, -0.25) is 4.79 Å². The molecule has 0 aromatic heterocycles. The maximum absolute atomic E-state index is 12.1. The van der Waals surface area contributed by atoms with Gasteiger partial charge in [0.15, 0.2) is 12.4 Å². The molecule has 144 valence electrons. The van der Waals surface area contributed by atoms with Crippen molar-refractivity contribution >= 4 is 21.8 Å². The van der Waals surface area contributed by atoms with E-state index < -0.39 is 22.6 Å². The zero-order chi connectivity index (χ0) is 19.9. The molecule has 7 nitrogen and oxygen atoms in total. The molecule has 0 saturated heterocycles. The summed E-state index contributed by atoms with van der Waals surface area (Å²) in [5, 5.41) is 0. The smallest absolute Gasteiger partial charge is 0.338 e. The Labute approximate surface area is 158 Å². The van der Waals surface area contributed by atoms with Gasteiger partial charge >= 0.3 is 5.97 Å². The van der Waals surface area contributed by atoms with Crippen molar-refractivity contribution in [2.24, 2.45) is 0 Å². The maximum atomic E-state index is 12.1. The number of Topliss-reactive ketones (excluding diaryl/α,β-unsaturated/α-hetero) is 1. The van der Waals surface area contributed by atoms with Gasteiger partial charge in [0.2, 0.25) is 10.0 Å². The third kappa shape index (κ3) is 5.63. The van der Waals surface area contributed by atoms with E-state index in [0.29, 0.717) is 17.9 Å². The normalized spacial score (nSPS) is 11.0. The topological polar surface area (TPSA) is 98.8 Å². The Balaban J connectivity index is 2.02. The van der Waals surface area contributed by atoms with Crippen LogP contribution in [0.25, 0.3) is 0 Å². The SMILES string of the molecule is CCNS(=O)(=O)c1cccc(C(=O)OCC(=O)c2ccc(OCC)cc2)c1. The lowest BCUT2D eigenvalue weighted by Gasteiger charge is -2.08. The third-order valence-electron chi connectivity index (χ3n) is 3.54. The Kier molecular flexibility index (Phi) is 7.09. The summed E-state index contributed by atoms with van der Waals surface area (Å²) >= 11 is 0. The van der Waals surface area contributed by atoms with Gasteiger partial charge in [0, 0.05) is 12.1 Å². The number of esters is 1. The number of carbonyl (C=O) groups is 2. The number of carbonyl (C=O) groups excluding carboxylic acids is 2. The molecular formula is C19H21NO6S. The number of hydrogen-bond acceptors (Lipinski definition) is 6. The fourth-order valence-electron chi connectivity index (χ4n) is 2.27. The molecule has 8 heteroatoms. The average molecular weight is 391 g/mol. The molecule has 2 aromatic carbocycles. The number of nitrogens with one attached hydrogen (secondary N) is 1. The highest BCUT2D eigenvalue weighted by Gasteiger charge is 2.17. The number of ether oxygens (including phenoxy) is 2. The van der Waals surface area contributed by atoms with Crippen LogP contribution in [0.5, 0.6) is 5.75 Å². The molecule has 0 fully saturated rings. The molecule has 0 aliphatic carbocycles. The van der Waals surface area contributed by atoms with Gasteiger partial charge in [-0.25, -0.2) is 17.9 Å². The van der Waals surface area contributed by atoms with E-state index >= 15 is 0 Å². The molecule has 0 spiro atoms. The van der Waals surface area contributed by atoms with Crippen LogP contribution in [-0.2, 0) is 14.8 Å². The minimum absolute atomic E-state index is 0.0448. The summed E-state index contributed by atoms with van der Waals surface area (Å²) in [5.41, 5.74) is 0.434. The fourth-order valence-corrected chi connectivity index (χ4v) is 3.35. The molecule has 0 amide bonds. The van der Waals surface area contributed by atoms with Gasteiger partial charge in [0.05, 0.1) is 17.1 Å². The Morgan fingerprint density at radius 2 is 1.70 bits per heavy atom. The predicted molar refractivity (Wildman–Crippen MR) is 99.5 cm³/mol. The summed E-state index contributed by atoms with van der Waals surface area (Å²) in [6.07, 6.45) is 0. The second-order valence-corrected chi connectivity index (χ2v) is 7.25. The van der Waals surface area contributed by atoms with E-state index in [1.807, 2.05) is 6.92 Å². The molecule has 0 atom stereocenters. The van der Waals surface area contributed by atoms with E-state index in [1.54, 1.807) is 31.2 Å². The lowest BCUT2D eigenvalue weighted by atomic mass is 10.1. The van der Waals surface area contributed by atoms with Gasteiger partial charge in [0.25, 0.3) is 0 Å². The quantitative estimate of drug-likeness (QED) is 0.521. The van der Waals surface area contributed by atoms with E-state index in [-0.39, 0.29) is 22.8 Å². The first-order chi connectivity index (χ1) is 12.9. The summed E-state index contributed by atoms with van der Waals surface area (Å²) in [6, 6.07) is 11.9. The Morgan fingerprint density at radius 1 is 1.00 bits per heavy atom. The van der Waals surface area contributed by atoms with E-state index in [0.717, 1.165) is 0 Å². The van der Waals surface area contributed by atoms with Crippen molar-refractivity contribution in [3.8, 4) is 5.75 Å². The van der Waals surface area contributed by atoms with Crippen LogP contribution >= 0.6 is 0 Å². The summed E-state index contributed by atoms with van der Waals surface area (Å²) in [5.74, 6) is -0.504. The molecule has 2 aromatic rings. The highest BCUT2D eigenvalue weighted by molar-refractivity contribution is 7.89. The molecule has 0 saturated carbocycles. The van der Waals surface area contributed by atoms with Gasteiger partial charge in [-0.2, -0.15) is 0 Å². The third-order valence-corrected chi connectivity index (χ3v) is 5.08. The summed E-state index contributed by atoms with van der Waals surface area (Å²) < 4.78 is 36.7. The zero-order valence-electron chi connectivity index (χ0n) is 15.1. The van der Waals surface area contributed by atoms with Gasteiger partial charge in [-0.15, -0.1) is 0 Å². The van der Waals surface area contributed by atoms with Crippen molar-refractivity contribution in [2.75, 3.05) is 19.8 Å². The molecule has 0 heterocycles. The van der Waals surface area contributed by atoms with Crippen LogP contribution in [0, 0.1) is 0 Å². The van der Waals surface area contributed by atoms with Crippen LogP contribution in [0.3, 0.4) is 0 Å². The lowest BCUT2D eigenvalue weighted by Crippen LogP contribution is -2.23. The minimum atomic E-state index is -3.69. The average Bonchev–Trinajstić information content (AvgIpc) is 2.67. The highest BCUT2D eigenvalue weighted by atomic mass is 32.2. The monoisotopic (exact) mass is 391 g/mol. The lowest BCUT2D eigenvalue weighted by molar-refractivity contribution is 0.0474. The second-order valence-electron chi connectivity index (χ2n) is 5.49. The van der Waals surface area contributed by atoms with Crippen LogP contribution in [0.1, 0.15) is 34.6 Å². The first kappa shape index (κ1) is 20.6. The van der Waals surface area contributed by atoms with Crippen molar-refractivity contribution in [3.05, 3.63) is 59.7 Å². The van der Waals surface area contributed by atoms with Gasteiger partial charge in [-0.05, 0) is 49.4 Å². The van der Waals surface area contributed by atoms with Crippen molar-refractivity contribution in [3.63, 3.8) is 0 Å². The van der Waals surface area contributed by atoms with E-state index in [9.17, 15) is 18.0 Å². The minimum Gasteiger partial charge on any atom is -0.494 e.